The predicted molar refractivity (Wildman–Crippen MR) is 129 cm³/mol. The molecule has 0 aliphatic heterocycles. The normalized spacial score (nSPS) is 11.3. The smallest absolute Gasteiger partial charge is 0.287 e. The van der Waals surface area contributed by atoms with Gasteiger partial charge in [0.15, 0.2) is 15.6 Å². The van der Waals surface area contributed by atoms with E-state index < -0.39 is 15.7 Å². The third kappa shape index (κ3) is 6.01. The molecule has 174 valence electrons. The molecule has 0 fully saturated rings. The first kappa shape index (κ1) is 23.5. The molecule has 1 heterocycles. The number of carbonyl (C=O) groups is 1. The van der Waals surface area contributed by atoms with Gasteiger partial charge in [-0.05, 0) is 34.9 Å². The summed E-state index contributed by atoms with van der Waals surface area (Å²) in [5.74, 6) is -0.791. The number of hydrogen-bond donors (Lipinski definition) is 1. The van der Waals surface area contributed by atoms with E-state index in [4.69, 9.17) is 9.15 Å². The van der Waals surface area contributed by atoms with Crippen molar-refractivity contribution in [3.8, 4) is 0 Å². The molecule has 1 aromatic heterocycles. The average molecular weight is 476 g/mol. The first-order valence-corrected chi connectivity index (χ1v) is 12.5. The van der Waals surface area contributed by atoms with Crippen molar-refractivity contribution >= 4 is 15.7 Å². The standard InChI is InChI=1S/C27H25NO5S/c29-27(26-24(15-16-33-26)20-34(30,31)25-13-5-2-6-14-25)28-17-22-11-7-8-12-23(22)19-32-18-21-9-3-1-4-10-21/h1-16H,17-20H2,(H,28,29). The second-order valence-corrected chi connectivity index (χ2v) is 9.77. The summed E-state index contributed by atoms with van der Waals surface area (Å²) in [6, 6.07) is 27.3. The van der Waals surface area contributed by atoms with Gasteiger partial charge in [-0.25, -0.2) is 8.42 Å². The lowest BCUT2D eigenvalue weighted by molar-refractivity contribution is 0.0919. The van der Waals surface area contributed by atoms with Gasteiger partial charge >= 0.3 is 0 Å². The molecule has 0 bridgehead atoms. The van der Waals surface area contributed by atoms with Gasteiger partial charge < -0.3 is 14.5 Å². The maximum Gasteiger partial charge on any atom is 0.287 e. The van der Waals surface area contributed by atoms with E-state index in [1.54, 1.807) is 18.2 Å². The highest BCUT2D eigenvalue weighted by Gasteiger charge is 2.22. The number of rotatable bonds is 10. The third-order valence-electron chi connectivity index (χ3n) is 5.33. The Morgan fingerprint density at radius 1 is 0.765 bits per heavy atom. The molecule has 0 unspecified atom stereocenters. The van der Waals surface area contributed by atoms with Crippen molar-refractivity contribution in [2.45, 2.75) is 30.4 Å². The topological polar surface area (TPSA) is 85.6 Å². The van der Waals surface area contributed by atoms with Crippen LogP contribution >= 0.6 is 0 Å². The van der Waals surface area contributed by atoms with Gasteiger partial charge in [-0.3, -0.25) is 4.79 Å². The molecule has 1 N–H and O–H groups in total. The van der Waals surface area contributed by atoms with Gasteiger partial charge in [0.05, 0.1) is 30.1 Å². The van der Waals surface area contributed by atoms with Crippen LogP contribution in [0.25, 0.3) is 0 Å². The van der Waals surface area contributed by atoms with Crippen LogP contribution in [0, 0.1) is 0 Å². The van der Waals surface area contributed by atoms with Crippen molar-refractivity contribution in [2.75, 3.05) is 0 Å². The molecule has 1 amide bonds. The Hall–Kier alpha value is -3.68. The van der Waals surface area contributed by atoms with Crippen molar-refractivity contribution in [3.63, 3.8) is 0 Å². The van der Waals surface area contributed by atoms with E-state index in [0.29, 0.717) is 18.8 Å². The fourth-order valence-corrected chi connectivity index (χ4v) is 4.92. The highest BCUT2D eigenvalue weighted by molar-refractivity contribution is 7.90. The zero-order chi connectivity index (χ0) is 23.8. The summed E-state index contributed by atoms with van der Waals surface area (Å²) >= 11 is 0. The summed E-state index contributed by atoms with van der Waals surface area (Å²) in [5, 5.41) is 2.83. The summed E-state index contributed by atoms with van der Waals surface area (Å²) in [6.07, 6.45) is 1.33. The Balaban J connectivity index is 1.38. The van der Waals surface area contributed by atoms with Gasteiger partial charge in [-0.1, -0.05) is 72.8 Å². The Morgan fingerprint density at radius 2 is 1.41 bits per heavy atom. The van der Waals surface area contributed by atoms with Crippen LogP contribution in [0.2, 0.25) is 0 Å². The lowest BCUT2D eigenvalue weighted by atomic mass is 10.1. The van der Waals surface area contributed by atoms with Crippen LogP contribution in [0.3, 0.4) is 0 Å². The molecule has 0 saturated heterocycles. The van der Waals surface area contributed by atoms with Crippen molar-refractivity contribution in [2.24, 2.45) is 0 Å². The Bertz CT molecular complexity index is 1330. The van der Waals surface area contributed by atoms with Gasteiger partial charge in [0.25, 0.3) is 5.91 Å². The van der Waals surface area contributed by atoms with E-state index in [1.165, 1.54) is 24.5 Å². The van der Waals surface area contributed by atoms with Crippen molar-refractivity contribution in [3.05, 3.63) is 125 Å². The number of hydrogen-bond acceptors (Lipinski definition) is 5. The van der Waals surface area contributed by atoms with Crippen LogP contribution < -0.4 is 5.32 Å². The zero-order valence-corrected chi connectivity index (χ0v) is 19.3. The monoisotopic (exact) mass is 475 g/mol. The van der Waals surface area contributed by atoms with Crippen LogP contribution in [-0.2, 0) is 40.1 Å². The van der Waals surface area contributed by atoms with E-state index in [2.05, 4.69) is 5.32 Å². The molecule has 6 nitrogen and oxygen atoms in total. The maximum absolute atomic E-state index is 12.8. The van der Waals surface area contributed by atoms with Crippen LogP contribution in [0.15, 0.2) is 107 Å². The molecule has 7 heteroatoms. The van der Waals surface area contributed by atoms with Crippen molar-refractivity contribution < 1.29 is 22.4 Å². The van der Waals surface area contributed by atoms with Crippen LogP contribution in [-0.4, -0.2) is 14.3 Å². The summed E-state index contributed by atoms with van der Waals surface area (Å²) in [7, 11) is -3.60. The van der Waals surface area contributed by atoms with Gasteiger partial charge in [0.1, 0.15) is 0 Å². The van der Waals surface area contributed by atoms with Gasteiger partial charge in [-0.15, -0.1) is 0 Å². The van der Waals surface area contributed by atoms with Gasteiger partial charge in [0.2, 0.25) is 0 Å². The second kappa shape index (κ2) is 11.0. The van der Waals surface area contributed by atoms with Gasteiger partial charge in [0, 0.05) is 12.1 Å². The first-order chi connectivity index (χ1) is 16.5. The largest absolute Gasteiger partial charge is 0.459 e. The van der Waals surface area contributed by atoms with Crippen LogP contribution in [0.4, 0.5) is 0 Å². The Labute approximate surface area is 199 Å². The number of amides is 1. The van der Waals surface area contributed by atoms with Crippen LogP contribution in [0.1, 0.15) is 32.8 Å². The summed E-state index contributed by atoms with van der Waals surface area (Å²) in [6.45, 7) is 1.16. The minimum absolute atomic E-state index is 0.00249. The average Bonchev–Trinajstić information content (AvgIpc) is 3.32. The highest BCUT2D eigenvalue weighted by atomic mass is 32.2. The zero-order valence-electron chi connectivity index (χ0n) is 18.5. The minimum Gasteiger partial charge on any atom is -0.459 e. The summed E-state index contributed by atoms with van der Waals surface area (Å²) in [4.78, 5) is 13.0. The molecule has 3 aromatic carbocycles. The third-order valence-corrected chi connectivity index (χ3v) is 7.01. The van der Waals surface area contributed by atoms with E-state index in [-0.39, 0.29) is 23.0 Å². The number of ether oxygens (including phenoxy) is 1. The Morgan fingerprint density at radius 3 is 2.15 bits per heavy atom. The SMILES string of the molecule is O=C(NCc1ccccc1COCc1ccccc1)c1occc1CS(=O)(=O)c1ccccc1. The fourth-order valence-electron chi connectivity index (χ4n) is 3.54. The molecule has 4 rings (SSSR count). The fraction of sp³-hybridized carbons (Fsp3) is 0.148. The molecule has 4 aromatic rings. The molecule has 0 saturated carbocycles. The number of benzene rings is 3. The number of nitrogens with one attached hydrogen (secondary N) is 1. The Kier molecular flexibility index (Phi) is 7.57. The molecule has 34 heavy (non-hydrogen) atoms. The number of furan rings is 1. The molecular formula is C27H25NO5S. The molecule has 0 radical (unpaired) electrons. The summed E-state index contributed by atoms with van der Waals surface area (Å²) < 4.78 is 36.6. The minimum atomic E-state index is -3.60. The molecule has 0 aliphatic rings. The lowest BCUT2D eigenvalue weighted by Gasteiger charge is -2.11. The van der Waals surface area contributed by atoms with E-state index in [9.17, 15) is 13.2 Å². The van der Waals surface area contributed by atoms with Gasteiger partial charge in [-0.2, -0.15) is 0 Å². The first-order valence-electron chi connectivity index (χ1n) is 10.8. The predicted octanol–water partition coefficient (Wildman–Crippen LogP) is 4.90. The van der Waals surface area contributed by atoms with E-state index in [0.717, 1.165) is 16.7 Å². The summed E-state index contributed by atoms with van der Waals surface area (Å²) in [5.41, 5.74) is 3.28. The molecule has 0 spiro atoms. The molecular weight excluding hydrogens is 450 g/mol. The number of sulfone groups is 1. The number of carbonyl (C=O) groups excluding carboxylic acids is 1. The molecule has 0 atom stereocenters. The highest BCUT2D eigenvalue weighted by Crippen LogP contribution is 2.20. The molecule has 0 aliphatic carbocycles. The second-order valence-electron chi connectivity index (χ2n) is 7.78. The quantitative estimate of drug-likeness (QED) is 0.353. The lowest BCUT2D eigenvalue weighted by Crippen LogP contribution is -2.24. The van der Waals surface area contributed by atoms with Crippen molar-refractivity contribution in [1.29, 1.82) is 0 Å². The maximum atomic E-state index is 12.8. The van der Waals surface area contributed by atoms with Crippen LogP contribution in [0.5, 0.6) is 0 Å². The van der Waals surface area contributed by atoms with Crippen molar-refractivity contribution in [1.82, 2.24) is 5.32 Å². The van der Waals surface area contributed by atoms with E-state index in [1.807, 2.05) is 54.6 Å². The van der Waals surface area contributed by atoms with E-state index >= 15 is 0 Å².